The fourth-order valence-electron chi connectivity index (χ4n) is 3.97. The van der Waals surface area contributed by atoms with Gasteiger partial charge in [-0.1, -0.05) is 25.4 Å². The number of rotatable bonds is 7. The number of nitrogens with zero attached hydrogens (tertiary/aromatic N) is 5. The molecule has 3 heterocycles. The summed E-state index contributed by atoms with van der Waals surface area (Å²) in [5, 5.41) is 7.48. The number of guanidine groups is 1. The lowest BCUT2D eigenvalue weighted by Gasteiger charge is -2.29. The van der Waals surface area contributed by atoms with Crippen LogP contribution < -0.4 is 5.32 Å². The van der Waals surface area contributed by atoms with E-state index in [0.29, 0.717) is 24.8 Å². The molecule has 1 aromatic heterocycles. The maximum atomic E-state index is 5.32. The van der Waals surface area contributed by atoms with Crippen molar-refractivity contribution in [2.45, 2.75) is 58.8 Å². The van der Waals surface area contributed by atoms with E-state index < -0.39 is 0 Å². The van der Waals surface area contributed by atoms with Gasteiger partial charge in [-0.25, -0.2) is 0 Å². The van der Waals surface area contributed by atoms with E-state index in [1.165, 1.54) is 45.3 Å². The molecule has 0 saturated carbocycles. The molecular formula is C20H37IN6O. The van der Waals surface area contributed by atoms with Crippen LogP contribution >= 0.6 is 24.0 Å². The molecule has 1 unspecified atom stereocenters. The number of piperidine rings is 1. The van der Waals surface area contributed by atoms with Crippen LogP contribution in [0.3, 0.4) is 0 Å². The van der Waals surface area contributed by atoms with Crippen molar-refractivity contribution in [3.8, 4) is 0 Å². The van der Waals surface area contributed by atoms with Gasteiger partial charge in [0.05, 0.1) is 6.54 Å². The van der Waals surface area contributed by atoms with E-state index in [2.05, 4.69) is 46.0 Å². The molecule has 28 heavy (non-hydrogen) atoms. The average molecular weight is 504 g/mol. The van der Waals surface area contributed by atoms with Crippen molar-refractivity contribution >= 4 is 29.9 Å². The lowest BCUT2D eigenvalue weighted by molar-refractivity contribution is 0.198. The van der Waals surface area contributed by atoms with Gasteiger partial charge in [0.2, 0.25) is 5.89 Å². The molecule has 2 aliphatic heterocycles. The minimum Gasteiger partial charge on any atom is -0.357 e. The second-order valence-electron chi connectivity index (χ2n) is 8.15. The zero-order chi connectivity index (χ0) is 19.1. The molecular weight excluding hydrogens is 467 g/mol. The molecule has 3 rings (SSSR count). The molecule has 2 saturated heterocycles. The summed E-state index contributed by atoms with van der Waals surface area (Å²) in [6.07, 6.45) is 6.11. The molecule has 0 spiro atoms. The predicted molar refractivity (Wildman–Crippen MR) is 123 cm³/mol. The van der Waals surface area contributed by atoms with Gasteiger partial charge in [-0.15, -0.1) is 24.0 Å². The quantitative estimate of drug-likeness (QED) is 0.350. The Bertz CT molecular complexity index is 599. The molecule has 7 nitrogen and oxygen atoms in total. The van der Waals surface area contributed by atoms with E-state index in [0.717, 1.165) is 37.3 Å². The maximum Gasteiger partial charge on any atom is 0.228 e. The summed E-state index contributed by atoms with van der Waals surface area (Å²) in [7, 11) is 0. The largest absolute Gasteiger partial charge is 0.357 e. The van der Waals surface area contributed by atoms with Gasteiger partial charge in [0.15, 0.2) is 11.8 Å². The van der Waals surface area contributed by atoms with Crippen LogP contribution in [-0.2, 0) is 6.42 Å². The summed E-state index contributed by atoms with van der Waals surface area (Å²) in [4.78, 5) is 14.3. The molecule has 2 fully saturated rings. The highest BCUT2D eigenvalue weighted by atomic mass is 127. The summed E-state index contributed by atoms with van der Waals surface area (Å²) in [6.45, 7) is 13.9. The summed E-state index contributed by atoms with van der Waals surface area (Å²) >= 11 is 0. The Hall–Kier alpha value is -0.900. The Labute approximate surface area is 186 Å². The molecule has 8 heteroatoms. The number of hydrogen-bond donors (Lipinski definition) is 1. The standard InChI is InChI=1S/C20H36N6O.HI/c1-4-21-20(22-10-8-18-23-19(16(2)3)24-27-18)26-13-9-17(15-26)14-25-11-6-5-7-12-25;/h16-17H,4-15H2,1-3H3,(H,21,22);1H. The van der Waals surface area contributed by atoms with E-state index in [1.807, 2.05) is 0 Å². The summed E-state index contributed by atoms with van der Waals surface area (Å²) < 4.78 is 5.32. The van der Waals surface area contributed by atoms with Crippen LogP contribution in [0.25, 0.3) is 0 Å². The van der Waals surface area contributed by atoms with Crippen molar-refractivity contribution in [1.29, 1.82) is 0 Å². The van der Waals surface area contributed by atoms with Crippen LogP contribution in [0.1, 0.15) is 64.1 Å². The Kier molecular flexibility index (Phi) is 9.98. The predicted octanol–water partition coefficient (Wildman–Crippen LogP) is 3.13. The van der Waals surface area contributed by atoms with Crippen LogP contribution in [0.15, 0.2) is 9.52 Å². The van der Waals surface area contributed by atoms with Gasteiger partial charge in [0.25, 0.3) is 0 Å². The number of hydrogen-bond acceptors (Lipinski definition) is 5. The first kappa shape index (κ1) is 23.4. The van der Waals surface area contributed by atoms with Gasteiger partial charge in [0.1, 0.15) is 0 Å². The average Bonchev–Trinajstić information content (AvgIpc) is 3.32. The van der Waals surface area contributed by atoms with E-state index in [1.54, 1.807) is 0 Å². The van der Waals surface area contributed by atoms with E-state index in [9.17, 15) is 0 Å². The second kappa shape index (κ2) is 11.9. The molecule has 0 aliphatic carbocycles. The van der Waals surface area contributed by atoms with Crippen LogP contribution in [-0.4, -0.2) is 71.7 Å². The minimum atomic E-state index is 0. The van der Waals surface area contributed by atoms with Gasteiger partial charge in [-0.05, 0) is 45.2 Å². The summed E-state index contributed by atoms with van der Waals surface area (Å²) in [6, 6.07) is 0. The summed E-state index contributed by atoms with van der Waals surface area (Å²) in [5.74, 6) is 3.55. The Morgan fingerprint density at radius 3 is 2.71 bits per heavy atom. The van der Waals surface area contributed by atoms with Crippen molar-refractivity contribution in [1.82, 2.24) is 25.3 Å². The number of aromatic nitrogens is 2. The van der Waals surface area contributed by atoms with E-state index in [-0.39, 0.29) is 24.0 Å². The maximum absolute atomic E-state index is 5.32. The fraction of sp³-hybridized carbons (Fsp3) is 0.850. The first-order chi connectivity index (χ1) is 13.2. The zero-order valence-electron chi connectivity index (χ0n) is 17.7. The first-order valence-corrected chi connectivity index (χ1v) is 10.7. The van der Waals surface area contributed by atoms with Crippen LogP contribution in [0.4, 0.5) is 0 Å². The van der Waals surface area contributed by atoms with Crippen molar-refractivity contribution in [2.75, 3.05) is 45.8 Å². The van der Waals surface area contributed by atoms with Crippen LogP contribution in [0.5, 0.6) is 0 Å². The van der Waals surface area contributed by atoms with Gasteiger partial charge in [-0.3, -0.25) is 4.99 Å². The monoisotopic (exact) mass is 504 g/mol. The third-order valence-corrected chi connectivity index (χ3v) is 5.47. The Morgan fingerprint density at radius 1 is 1.25 bits per heavy atom. The van der Waals surface area contributed by atoms with E-state index >= 15 is 0 Å². The minimum absolute atomic E-state index is 0. The number of halogens is 1. The molecule has 0 radical (unpaired) electrons. The Morgan fingerprint density at radius 2 is 2.04 bits per heavy atom. The van der Waals surface area contributed by atoms with Gasteiger partial charge in [0, 0.05) is 38.5 Å². The lowest BCUT2D eigenvalue weighted by atomic mass is 10.1. The van der Waals surface area contributed by atoms with E-state index in [4.69, 9.17) is 9.52 Å². The van der Waals surface area contributed by atoms with Crippen molar-refractivity contribution in [2.24, 2.45) is 10.9 Å². The third kappa shape index (κ3) is 6.86. The second-order valence-corrected chi connectivity index (χ2v) is 8.15. The SMILES string of the molecule is CCNC(=NCCc1nc(C(C)C)no1)N1CCC(CN2CCCCC2)C1.I. The van der Waals surface area contributed by atoms with Crippen LogP contribution in [0.2, 0.25) is 0 Å². The molecule has 2 aliphatic rings. The first-order valence-electron chi connectivity index (χ1n) is 10.7. The molecule has 0 amide bonds. The lowest BCUT2D eigenvalue weighted by Crippen LogP contribution is -2.41. The van der Waals surface area contributed by atoms with Crippen molar-refractivity contribution in [3.05, 3.63) is 11.7 Å². The van der Waals surface area contributed by atoms with Gasteiger partial charge in [-0.2, -0.15) is 4.98 Å². The molecule has 1 atom stereocenters. The van der Waals surface area contributed by atoms with Crippen LogP contribution in [0, 0.1) is 5.92 Å². The Balaban J connectivity index is 0.00000280. The number of aliphatic imine (C=N–C) groups is 1. The van der Waals surface area contributed by atoms with Crippen molar-refractivity contribution in [3.63, 3.8) is 0 Å². The third-order valence-electron chi connectivity index (χ3n) is 5.47. The molecule has 0 bridgehead atoms. The summed E-state index contributed by atoms with van der Waals surface area (Å²) in [5.41, 5.74) is 0. The zero-order valence-corrected chi connectivity index (χ0v) is 20.0. The van der Waals surface area contributed by atoms with Crippen molar-refractivity contribution < 1.29 is 4.52 Å². The molecule has 0 aromatic carbocycles. The molecule has 1 N–H and O–H groups in total. The number of likely N-dealkylation sites (tertiary alicyclic amines) is 2. The normalized spacial score (nSPS) is 21.2. The highest BCUT2D eigenvalue weighted by Crippen LogP contribution is 2.20. The molecule has 1 aromatic rings. The fourth-order valence-corrected chi connectivity index (χ4v) is 3.97. The molecule has 160 valence electrons. The number of nitrogens with one attached hydrogen (secondary N) is 1. The van der Waals surface area contributed by atoms with Gasteiger partial charge < -0.3 is 19.6 Å². The van der Waals surface area contributed by atoms with Gasteiger partial charge >= 0.3 is 0 Å². The highest BCUT2D eigenvalue weighted by Gasteiger charge is 2.27. The smallest absolute Gasteiger partial charge is 0.228 e. The highest BCUT2D eigenvalue weighted by molar-refractivity contribution is 14.0. The topological polar surface area (TPSA) is 69.8 Å².